The first kappa shape index (κ1) is 19.8. The fourth-order valence-electron chi connectivity index (χ4n) is 3.41. The molecule has 150 valence electrons. The summed E-state index contributed by atoms with van der Waals surface area (Å²) in [6.45, 7) is 3.11. The third-order valence-corrected chi connectivity index (χ3v) is 5.08. The maximum atomic E-state index is 12.1. The molecule has 7 nitrogen and oxygen atoms in total. The number of urea groups is 1. The highest BCUT2D eigenvalue weighted by atomic mass is 16.5. The molecular formula is C21H28N4O3. The summed E-state index contributed by atoms with van der Waals surface area (Å²) in [6.07, 6.45) is 5.82. The van der Waals surface area contributed by atoms with Gasteiger partial charge in [0.05, 0.1) is 26.1 Å². The smallest absolute Gasteiger partial charge is 0.315 e. The van der Waals surface area contributed by atoms with E-state index >= 15 is 0 Å². The average Bonchev–Trinajstić information content (AvgIpc) is 2.77. The van der Waals surface area contributed by atoms with E-state index in [1.807, 2.05) is 30.5 Å². The Morgan fingerprint density at radius 3 is 2.61 bits per heavy atom. The highest BCUT2D eigenvalue weighted by Crippen LogP contribution is 2.27. The van der Waals surface area contributed by atoms with Gasteiger partial charge in [-0.3, -0.25) is 4.98 Å². The van der Waals surface area contributed by atoms with E-state index in [1.54, 1.807) is 20.4 Å². The molecule has 1 saturated heterocycles. The number of hydrogen-bond donors (Lipinski definition) is 2. The SMILES string of the molecule is COc1ccc(CNC(=O)NCC2CCN(c3cccnc3)CC2)cc1OC. The molecule has 1 aliphatic rings. The zero-order chi connectivity index (χ0) is 19.8. The predicted octanol–water partition coefficient (Wildman–Crippen LogP) is 2.81. The summed E-state index contributed by atoms with van der Waals surface area (Å²) in [5, 5.41) is 5.89. The van der Waals surface area contributed by atoms with Crippen LogP contribution in [-0.4, -0.2) is 44.9 Å². The van der Waals surface area contributed by atoms with Crippen molar-refractivity contribution in [2.75, 3.05) is 38.8 Å². The number of anilines is 1. The van der Waals surface area contributed by atoms with Gasteiger partial charge in [-0.1, -0.05) is 6.07 Å². The number of nitrogens with zero attached hydrogens (tertiary/aromatic N) is 2. The molecule has 1 aromatic carbocycles. The zero-order valence-electron chi connectivity index (χ0n) is 16.5. The molecule has 1 fully saturated rings. The number of carbonyl (C=O) groups excluding carboxylic acids is 1. The molecule has 0 saturated carbocycles. The molecule has 28 heavy (non-hydrogen) atoms. The lowest BCUT2D eigenvalue weighted by Crippen LogP contribution is -2.41. The second-order valence-electron chi connectivity index (χ2n) is 6.89. The Morgan fingerprint density at radius 1 is 1.14 bits per heavy atom. The molecule has 2 aromatic rings. The summed E-state index contributed by atoms with van der Waals surface area (Å²) in [6, 6.07) is 9.52. The lowest BCUT2D eigenvalue weighted by molar-refractivity contribution is 0.237. The summed E-state index contributed by atoms with van der Waals surface area (Å²) in [5.41, 5.74) is 2.12. The van der Waals surface area contributed by atoms with Crippen LogP contribution in [0.1, 0.15) is 18.4 Å². The first-order valence-electron chi connectivity index (χ1n) is 9.57. The Kier molecular flexibility index (Phi) is 6.94. The molecule has 3 rings (SSSR count). The summed E-state index contributed by atoms with van der Waals surface area (Å²) in [7, 11) is 3.20. The molecular weight excluding hydrogens is 356 g/mol. The summed E-state index contributed by atoms with van der Waals surface area (Å²) >= 11 is 0. The molecule has 2 amide bonds. The maximum Gasteiger partial charge on any atom is 0.315 e. The number of methoxy groups -OCH3 is 2. The van der Waals surface area contributed by atoms with Crippen LogP contribution in [0.25, 0.3) is 0 Å². The van der Waals surface area contributed by atoms with Gasteiger partial charge < -0.3 is 25.0 Å². The number of hydrogen-bond acceptors (Lipinski definition) is 5. The molecule has 0 bridgehead atoms. The fraction of sp³-hybridized carbons (Fsp3) is 0.429. The predicted molar refractivity (Wildman–Crippen MR) is 109 cm³/mol. The molecule has 0 spiro atoms. The number of carbonyl (C=O) groups is 1. The van der Waals surface area contributed by atoms with Crippen LogP contribution in [0.4, 0.5) is 10.5 Å². The van der Waals surface area contributed by atoms with E-state index in [0.29, 0.717) is 30.5 Å². The largest absolute Gasteiger partial charge is 0.493 e. The molecule has 1 aliphatic heterocycles. The molecule has 0 unspecified atom stereocenters. The van der Waals surface area contributed by atoms with Gasteiger partial charge in [0.15, 0.2) is 11.5 Å². The van der Waals surface area contributed by atoms with Gasteiger partial charge in [-0.25, -0.2) is 4.79 Å². The maximum absolute atomic E-state index is 12.1. The van der Waals surface area contributed by atoms with Gasteiger partial charge >= 0.3 is 6.03 Å². The van der Waals surface area contributed by atoms with Crippen molar-refractivity contribution in [2.45, 2.75) is 19.4 Å². The van der Waals surface area contributed by atoms with Crippen LogP contribution in [0.2, 0.25) is 0 Å². The standard InChI is InChI=1S/C21H28N4O3/c1-27-19-6-5-17(12-20(19)28-2)14-24-21(26)23-13-16-7-10-25(11-8-16)18-4-3-9-22-15-18/h3-6,9,12,15-16H,7-8,10-11,13-14H2,1-2H3,(H2,23,24,26). The monoisotopic (exact) mass is 384 g/mol. The highest BCUT2D eigenvalue weighted by molar-refractivity contribution is 5.73. The molecule has 0 atom stereocenters. The third kappa shape index (κ3) is 5.28. The highest BCUT2D eigenvalue weighted by Gasteiger charge is 2.20. The van der Waals surface area contributed by atoms with E-state index in [-0.39, 0.29) is 6.03 Å². The number of ether oxygens (including phenoxy) is 2. The number of nitrogens with one attached hydrogen (secondary N) is 2. The molecule has 2 N–H and O–H groups in total. The lowest BCUT2D eigenvalue weighted by atomic mass is 9.96. The molecule has 0 radical (unpaired) electrons. The first-order chi connectivity index (χ1) is 13.7. The number of rotatable bonds is 7. The van der Waals surface area contributed by atoms with Crippen molar-refractivity contribution in [1.29, 1.82) is 0 Å². The van der Waals surface area contributed by atoms with Gasteiger partial charge in [-0.15, -0.1) is 0 Å². The first-order valence-corrected chi connectivity index (χ1v) is 9.57. The van der Waals surface area contributed by atoms with Crippen molar-refractivity contribution in [1.82, 2.24) is 15.6 Å². The number of pyridine rings is 1. The van der Waals surface area contributed by atoms with Crippen LogP contribution < -0.4 is 25.0 Å². The number of piperidine rings is 1. The fourth-order valence-corrected chi connectivity index (χ4v) is 3.41. The van der Waals surface area contributed by atoms with E-state index in [2.05, 4.69) is 26.6 Å². The Morgan fingerprint density at radius 2 is 1.93 bits per heavy atom. The Balaban J connectivity index is 1.38. The van der Waals surface area contributed by atoms with Gasteiger partial charge in [-0.2, -0.15) is 0 Å². The lowest BCUT2D eigenvalue weighted by Gasteiger charge is -2.33. The second kappa shape index (κ2) is 9.82. The van der Waals surface area contributed by atoms with E-state index in [9.17, 15) is 4.79 Å². The van der Waals surface area contributed by atoms with Gasteiger partial charge in [0.2, 0.25) is 0 Å². The van der Waals surface area contributed by atoms with Gasteiger partial charge in [0, 0.05) is 32.4 Å². The van der Waals surface area contributed by atoms with Gasteiger partial charge in [-0.05, 0) is 48.6 Å². The van der Waals surface area contributed by atoms with Crippen molar-refractivity contribution in [3.8, 4) is 11.5 Å². The van der Waals surface area contributed by atoms with Crippen molar-refractivity contribution >= 4 is 11.7 Å². The number of benzene rings is 1. The van der Waals surface area contributed by atoms with Crippen molar-refractivity contribution in [3.05, 3.63) is 48.3 Å². The van der Waals surface area contributed by atoms with Crippen LogP contribution in [0, 0.1) is 5.92 Å². The quantitative estimate of drug-likeness (QED) is 0.768. The number of amides is 2. The normalized spacial score (nSPS) is 14.4. The zero-order valence-corrected chi connectivity index (χ0v) is 16.5. The number of aromatic nitrogens is 1. The minimum atomic E-state index is -0.149. The van der Waals surface area contributed by atoms with Crippen LogP contribution in [-0.2, 0) is 6.54 Å². The van der Waals surface area contributed by atoms with Crippen LogP contribution in [0.5, 0.6) is 11.5 Å². The van der Waals surface area contributed by atoms with Crippen molar-refractivity contribution < 1.29 is 14.3 Å². The molecule has 7 heteroatoms. The second-order valence-corrected chi connectivity index (χ2v) is 6.89. The van der Waals surface area contributed by atoms with Gasteiger partial charge in [0.25, 0.3) is 0 Å². The summed E-state index contributed by atoms with van der Waals surface area (Å²) in [5.74, 6) is 1.83. The van der Waals surface area contributed by atoms with E-state index < -0.39 is 0 Å². The Labute approximate surface area is 166 Å². The minimum Gasteiger partial charge on any atom is -0.493 e. The van der Waals surface area contributed by atoms with Gasteiger partial charge in [0.1, 0.15) is 0 Å². The molecule has 1 aromatic heterocycles. The molecule has 0 aliphatic carbocycles. The van der Waals surface area contributed by atoms with Crippen LogP contribution >= 0.6 is 0 Å². The summed E-state index contributed by atoms with van der Waals surface area (Å²) < 4.78 is 10.5. The van der Waals surface area contributed by atoms with Crippen molar-refractivity contribution in [2.24, 2.45) is 5.92 Å². The Hall–Kier alpha value is -2.96. The van der Waals surface area contributed by atoms with Crippen LogP contribution in [0.3, 0.4) is 0 Å². The van der Waals surface area contributed by atoms with Crippen molar-refractivity contribution in [3.63, 3.8) is 0 Å². The van der Waals surface area contributed by atoms with E-state index in [0.717, 1.165) is 31.5 Å². The topological polar surface area (TPSA) is 75.7 Å². The van der Waals surface area contributed by atoms with E-state index in [1.165, 1.54) is 5.69 Å². The van der Waals surface area contributed by atoms with Crippen LogP contribution in [0.15, 0.2) is 42.7 Å². The average molecular weight is 384 g/mol. The summed E-state index contributed by atoms with van der Waals surface area (Å²) in [4.78, 5) is 18.7. The third-order valence-electron chi connectivity index (χ3n) is 5.08. The molecule has 2 heterocycles. The Bertz CT molecular complexity index is 762. The minimum absolute atomic E-state index is 0.149. The van der Waals surface area contributed by atoms with E-state index in [4.69, 9.17) is 9.47 Å².